The van der Waals surface area contributed by atoms with Crippen molar-refractivity contribution in [3.63, 3.8) is 0 Å². The SMILES string of the molecule is CCOC(=O)CN(C(=O)C(C(F)(F)F)C(F)(F)F)C(C)C. The van der Waals surface area contributed by atoms with E-state index in [1.165, 1.54) is 20.8 Å². The third kappa shape index (κ3) is 5.80. The van der Waals surface area contributed by atoms with E-state index in [1.54, 1.807) is 0 Å². The highest BCUT2D eigenvalue weighted by atomic mass is 19.4. The minimum absolute atomic E-state index is 0.110. The molecule has 0 N–H and O–H groups in total. The maximum atomic E-state index is 12.5. The number of carbonyl (C=O) groups is 2. The zero-order chi connectivity index (χ0) is 17.0. The van der Waals surface area contributed by atoms with Gasteiger partial charge in [-0.05, 0) is 20.8 Å². The molecule has 0 rings (SSSR count). The summed E-state index contributed by atoms with van der Waals surface area (Å²) in [5.41, 5.74) is 0. The number of hydrogen-bond donors (Lipinski definition) is 0. The molecule has 4 nitrogen and oxygen atoms in total. The minimum atomic E-state index is -5.79. The number of rotatable bonds is 5. The molecule has 0 aromatic heterocycles. The summed E-state index contributed by atoms with van der Waals surface area (Å²) in [6.45, 7) is 2.71. The maximum Gasteiger partial charge on any atom is 0.409 e. The maximum absolute atomic E-state index is 12.5. The van der Waals surface area contributed by atoms with Crippen LogP contribution in [0.2, 0.25) is 0 Å². The Kier molecular flexibility index (Phi) is 6.50. The van der Waals surface area contributed by atoms with Gasteiger partial charge in [-0.2, -0.15) is 26.3 Å². The molecule has 21 heavy (non-hydrogen) atoms. The van der Waals surface area contributed by atoms with Gasteiger partial charge >= 0.3 is 18.3 Å². The fourth-order valence-corrected chi connectivity index (χ4v) is 1.49. The molecule has 124 valence electrons. The minimum Gasteiger partial charge on any atom is -0.465 e. The standard InChI is InChI=1S/C11H15F6NO3/c1-4-21-7(19)5-18(6(2)3)9(20)8(10(12,13)14)11(15,16)17/h6,8H,4-5H2,1-3H3. The average molecular weight is 323 g/mol. The Bertz CT molecular complexity index is 363. The quantitative estimate of drug-likeness (QED) is 0.577. The van der Waals surface area contributed by atoms with Crippen LogP contribution in [0.5, 0.6) is 0 Å². The zero-order valence-corrected chi connectivity index (χ0v) is 11.5. The molecule has 0 saturated carbocycles. The van der Waals surface area contributed by atoms with Crippen LogP contribution in [-0.4, -0.2) is 48.3 Å². The molecule has 0 unspecified atom stereocenters. The van der Waals surface area contributed by atoms with Crippen LogP contribution < -0.4 is 0 Å². The van der Waals surface area contributed by atoms with Crippen molar-refractivity contribution in [3.8, 4) is 0 Å². The number of amides is 1. The van der Waals surface area contributed by atoms with Gasteiger partial charge in [-0.3, -0.25) is 9.59 Å². The van der Waals surface area contributed by atoms with Gasteiger partial charge in [0, 0.05) is 6.04 Å². The van der Waals surface area contributed by atoms with Gasteiger partial charge in [0.15, 0.2) is 0 Å². The third-order valence-electron chi connectivity index (χ3n) is 2.41. The van der Waals surface area contributed by atoms with Crippen molar-refractivity contribution >= 4 is 11.9 Å². The summed E-state index contributed by atoms with van der Waals surface area (Å²) in [5, 5.41) is 0. The summed E-state index contributed by atoms with van der Waals surface area (Å²) >= 11 is 0. The molecule has 0 bridgehead atoms. The molecule has 0 radical (unpaired) electrons. The lowest BCUT2D eigenvalue weighted by atomic mass is 10.1. The molecule has 0 heterocycles. The average Bonchev–Trinajstić information content (AvgIpc) is 2.21. The van der Waals surface area contributed by atoms with Gasteiger partial charge in [0.25, 0.3) is 0 Å². The van der Waals surface area contributed by atoms with Crippen molar-refractivity contribution < 1.29 is 40.7 Å². The first-order chi connectivity index (χ1) is 9.32. The fraction of sp³-hybridized carbons (Fsp3) is 0.818. The van der Waals surface area contributed by atoms with Crippen molar-refractivity contribution in [3.05, 3.63) is 0 Å². The summed E-state index contributed by atoms with van der Waals surface area (Å²) in [4.78, 5) is 23.0. The fourth-order valence-electron chi connectivity index (χ4n) is 1.49. The molecule has 0 fully saturated rings. The van der Waals surface area contributed by atoms with Crippen molar-refractivity contribution in [2.45, 2.75) is 39.2 Å². The Morgan fingerprint density at radius 2 is 1.48 bits per heavy atom. The van der Waals surface area contributed by atoms with Crippen LogP contribution in [0.4, 0.5) is 26.3 Å². The van der Waals surface area contributed by atoms with Gasteiger partial charge in [-0.1, -0.05) is 0 Å². The normalized spacial score (nSPS) is 12.7. The largest absolute Gasteiger partial charge is 0.465 e. The second-order valence-electron chi connectivity index (χ2n) is 4.38. The van der Waals surface area contributed by atoms with Gasteiger partial charge in [0.1, 0.15) is 6.54 Å². The summed E-state index contributed by atoms with van der Waals surface area (Å²) in [6.07, 6.45) is -11.6. The van der Waals surface area contributed by atoms with E-state index in [0.717, 1.165) is 0 Å². The summed E-state index contributed by atoms with van der Waals surface area (Å²) in [6, 6.07) is -1.03. The van der Waals surface area contributed by atoms with Crippen LogP contribution in [0.25, 0.3) is 0 Å². The van der Waals surface area contributed by atoms with E-state index in [4.69, 9.17) is 0 Å². The van der Waals surface area contributed by atoms with Crippen LogP contribution in [-0.2, 0) is 14.3 Å². The molecule has 1 amide bonds. The lowest BCUT2D eigenvalue weighted by Gasteiger charge is -2.31. The Morgan fingerprint density at radius 3 is 1.76 bits per heavy atom. The number of ether oxygens (including phenoxy) is 1. The Balaban J connectivity index is 5.39. The van der Waals surface area contributed by atoms with E-state index in [1.807, 2.05) is 0 Å². The van der Waals surface area contributed by atoms with Crippen molar-refractivity contribution in [1.29, 1.82) is 0 Å². The van der Waals surface area contributed by atoms with Crippen molar-refractivity contribution in [2.24, 2.45) is 5.92 Å². The molecular formula is C11H15F6NO3. The number of nitrogens with zero attached hydrogens (tertiary/aromatic N) is 1. The summed E-state index contributed by atoms with van der Waals surface area (Å²) in [7, 11) is 0. The van der Waals surface area contributed by atoms with E-state index in [2.05, 4.69) is 4.74 Å². The van der Waals surface area contributed by atoms with Gasteiger partial charge in [-0.25, -0.2) is 0 Å². The van der Waals surface area contributed by atoms with Crippen LogP contribution in [0.1, 0.15) is 20.8 Å². The van der Waals surface area contributed by atoms with E-state index in [0.29, 0.717) is 0 Å². The highest BCUT2D eigenvalue weighted by Crippen LogP contribution is 2.40. The molecule has 0 aliphatic rings. The first-order valence-electron chi connectivity index (χ1n) is 5.91. The van der Waals surface area contributed by atoms with E-state index in [-0.39, 0.29) is 11.5 Å². The molecule has 10 heteroatoms. The topological polar surface area (TPSA) is 46.6 Å². The van der Waals surface area contributed by atoms with Crippen LogP contribution >= 0.6 is 0 Å². The summed E-state index contributed by atoms with van der Waals surface area (Å²) in [5.74, 6) is -7.47. The lowest BCUT2D eigenvalue weighted by molar-refractivity contribution is -0.278. The first-order valence-corrected chi connectivity index (χ1v) is 5.91. The van der Waals surface area contributed by atoms with Gasteiger partial charge in [-0.15, -0.1) is 0 Å². The van der Waals surface area contributed by atoms with Crippen molar-refractivity contribution in [1.82, 2.24) is 4.90 Å². The Hall–Kier alpha value is -1.48. The molecule has 0 aromatic carbocycles. The smallest absolute Gasteiger partial charge is 0.409 e. The third-order valence-corrected chi connectivity index (χ3v) is 2.41. The Labute approximate surface area is 117 Å². The molecule has 0 atom stereocenters. The second kappa shape index (κ2) is 6.99. The van der Waals surface area contributed by atoms with Gasteiger partial charge in [0.2, 0.25) is 11.8 Å². The number of halogens is 6. The molecule has 0 saturated heterocycles. The van der Waals surface area contributed by atoms with E-state index >= 15 is 0 Å². The lowest BCUT2D eigenvalue weighted by Crippen LogP contribution is -2.52. The molecule has 0 spiro atoms. The van der Waals surface area contributed by atoms with Gasteiger partial charge < -0.3 is 9.64 Å². The van der Waals surface area contributed by atoms with E-state index in [9.17, 15) is 35.9 Å². The van der Waals surface area contributed by atoms with Crippen LogP contribution in [0, 0.1) is 5.92 Å². The predicted octanol–water partition coefficient (Wildman–Crippen LogP) is 2.53. The predicted molar refractivity (Wildman–Crippen MR) is 59.1 cm³/mol. The summed E-state index contributed by atoms with van der Waals surface area (Å²) < 4.78 is 79.4. The Morgan fingerprint density at radius 1 is 1.05 bits per heavy atom. The number of alkyl halides is 6. The molecule has 0 aromatic rings. The second-order valence-corrected chi connectivity index (χ2v) is 4.38. The number of hydrogen-bond acceptors (Lipinski definition) is 3. The van der Waals surface area contributed by atoms with Crippen LogP contribution in [0.15, 0.2) is 0 Å². The van der Waals surface area contributed by atoms with Crippen LogP contribution in [0.3, 0.4) is 0 Å². The van der Waals surface area contributed by atoms with Gasteiger partial charge in [0.05, 0.1) is 6.61 Å². The molecule has 0 aliphatic heterocycles. The highest BCUT2D eigenvalue weighted by Gasteiger charge is 2.62. The molecular weight excluding hydrogens is 308 g/mol. The highest BCUT2D eigenvalue weighted by molar-refractivity contribution is 5.85. The first kappa shape index (κ1) is 19.5. The van der Waals surface area contributed by atoms with Crippen molar-refractivity contribution in [2.75, 3.05) is 13.2 Å². The molecule has 0 aliphatic carbocycles. The number of esters is 1. The zero-order valence-electron chi connectivity index (χ0n) is 11.5. The monoisotopic (exact) mass is 323 g/mol. The number of carbonyl (C=O) groups excluding carboxylic acids is 2. The van der Waals surface area contributed by atoms with E-state index < -0.39 is 42.7 Å².